The maximum atomic E-state index is 10.5. The van der Waals surface area contributed by atoms with E-state index in [0.717, 1.165) is 16.3 Å². The van der Waals surface area contributed by atoms with Gasteiger partial charge >= 0.3 is 5.97 Å². The minimum atomic E-state index is -0.864. The molecule has 0 saturated heterocycles. The predicted octanol–water partition coefficient (Wildman–Crippen LogP) is 2.09. The molecule has 0 unspecified atom stereocenters. The van der Waals surface area contributed by atoms with Crippen molar-refractivity contribution >= 4 is 22.4 Å². The van der Waals surface area contributed by atoms with Gasteiger partial charge < -0.3 is 10.4 Å². The van der Waals surface area contributed by atoms with E-state index in [-0.39, 0.29) is 6.42 Å². The molecule has 0 aliphatic heterocycles. The first-order valence-corrected chi connectivity index (χ1v) is 6.32. The van der Waals surface area contributed by atoms with Crippen LogP contribution in [0.15, 0.2) is 23.8 Å². The molecule has 2 rings (SSSR count). The topological polar surface area (TPSA) is 75.1 Å². The van der Waals surface area contributed by atoms with Gasteiger partial charge in [0.15, 0.2) is 5.13 Å². The van der Waals surface area contributed by atoms with Crippen LogP contribution in [0.25, 0.3) is 0 Å². The van der Waals surface area contributed by atoms with Crippen LogP contribution in [0.2, 0.25) is 0 Å². The zero-order chi connectivity index (χ0) is 13.0. The number of carboxylic acid groups (broad SMARTS) is 1. The first-order valence-electron chi connectivity index (χ1n) is 5.44. The highest BCUT2D eigenvalue weighted by Gasteiger charge is 2.06. The first-order chi connectivity index (χ1) is 8.65. The van der Waals surface area contributed by atoms with E-state index >= 15 is 0 Å². The molecule has 94 valence electrons. The van der Waals surface area contributed by atoms with Crippen molar-refractivity contribution in [2.75, 3.05) is 5.32 Å². The number of hydrogen-bond acceptors (Lipinski definition) is 5. The number of carboxylic acids is 1. The van der Waals surface area contributed by atoms with Crippen LogP contribution >= 0.6 is 11.3 Å². The summed E-state index contributed by atoms with van der Waals surface area (Å²) in [5, 5.41) is 14.3. The smallest absolute Gasteiger partial charge is 0.309 e. The Morgan fingerprint density at radius 3 is 3.11 bits per heavy atom. The minimum absolute atomic E-state index is 0.0353. The molecule has 2 aromatic heterocycles. The Balaban J connectivity index is 1.96. The van der Waals surface area contributed by atoms with Gasteiger partial charge in [0.05, 0.1) is 12.1 Å². The molecule has 2 heterocycles. The van der Waals surface area contributed by atoms with Gasteiger partial charge in [0.1, 0.15) is 0 Å². The van der Waals surface area contributed by atoms with E-state index in [2.05, 4.69) is 15.3 Å². The van der Waals surface area contributed by atoms with Gasteiger partial charge in [0, 0.05) is 24.3 Å². The van der Waals surface area contributed by atoms with Crippen LogP contribution in [-0.4, -0.2) is 21.0 Å². The maximum Gasteiger partial charge on any atom is 0.309 e. The molecule has 6 heteroatoms. The molecule has 18 heavy (non-hydrogen) atoms. The van der Waals surface area contributed by atoms with Crippen molar-refractivity contribution in [2.24, 2.45) is 0 Å². The Labute approximate surface area is 109 Å². The van der Waals surface area contributed by atoms with Crippen molar-refractivity contribution in [1.29, 1.82) is 0 Å². The first kappa shape index (κ1) is 12.5. The summed E-state index contributed by atoms with van der Waals surface area (Å²) in [5.41, 5.74) is 2.86. The molecule has 2 aromatic rings. The van der Waals surface area contributed by atoms with E-state index in [1.54, 1.807) is 11.6 Å². The van der Waals surface area contributed by atoms with Crippen LogP contribution in [0.5, 0.6) is 0 Å². The van der Waals surface area contributed by atoms with Gasteiger partial charge in [0.2, 0.25) is 0 Å². The summed E-state index contributed by atoms with van der Waals surface area (Å²) in [5.74, 6) is -0.864. The van der Waals surface area contributed by atoms with Crippen molar-refractivity contribution in [3.63, 3.8) is 0 Å². The van der Waals surface area contributed by atoms with Crippen LogP contribution in [-0.2, 0) is 17.8 Å². The van der Waals surface area contributed by atoms with Crippen molar-refractivity contribution in [1.82, 2.24) is 9.97 Å². The second kappa shape index (κ2) is 5.59. The molecule has 0 atom stereocenters. The fourth-order valence-corrected chi connectivity index (χ4v) is 2.20. The number of aliphatic carboxylic acids is 1. The highest BCUT2D eigenvalue weighted by Crippen LogP contribution is 2.17. The molecular weight excluding hydrogens is 250 g/mol. The number of pyridine rings is 1. The summed E-state index contributed by atoms with van der Waals surface area (Å²) < 4.78 is 0. The summed E-state index contributed by atoms with van der Waals surface area (Å²) in [6.45, 7) is 2.66. The van der Waals surface area contributed by atoms with Crippen molar-refractivity contribution in [3.05, 3.63) is 40.7 Å². The number of rotatable bonds is 5. The molecule has 0 spiro atoms. The standard InChI is InChI=1S/C12H13N3O2S/c1-8-5-13-3-2-9(8)6-14-12-15-10(7-18-12)4-11(16)17/h2-3,5,7H,4,6H2,1H3,(H,14,15)(H,16,17). The van der Waals surface area contributed by atoms with Crippen molar-refractivity contribution in [2.45, 2.75) is 19.9 Å². The second-order valence-electron chi connectivity index (χ2n) is 3.87. The van der Waals surface area contributed by atoms with E-state index in [4.69, 9.17) is 5.11 Å². The molecule has 0 aliphatic carbocycles. The van der Waals surface area contributed by atoms with Crippen LogP contribution in [0.1, 0.15) is 16.8 Å². The quantitative estimate of drug-likeness (QED) is 0.864. The molecule has 0 bridgehead atoms. The Morgan fingerprint density at radius 2 is 2.39 bits per heavy atom. The number of hydrogen-bond donors (Lipinski definition) is 2. The van der Waals surface area contributed by atoms with Crippen LogP contribution in [0.3, 0.4) is 0 Å². The zero-order valence-corrected chi connectivity index (χ0v) is 10.7. The maximum absolute atomic E-state index is 10.5. The molecule has 0 amide bonds. The monoisotopic (exact) mass is 263 g/mol. The zero-order valence-electron chi connectivity index (χ0n) is 9.88. The Bertz CT molecular complexity index is 554. The average molecular weight is 263 g/mol. The number of aromatic nitrogens is 2. The van der Waals surface area contributed by atoms with Crippen molar-refractivity contribution in [3.8, 4) is 0 Å². The van der Waals surface area contributed by atoms with Crippen LogP contribution in [0.4, 0.5) is 5.13 Å². The van der Waals surface area contributed by atoms with E-state index in [1.165, 1.54) is 11.3 Å². The van der Waals surface area contributed by atoms with Crippen LogP contribution < -0.4 is 5.32 Å². The van der Waals surface area contributed by atoms with E-state index in [0.29, 0.717) is 12.2 Å². The largest absolute Gasteiger partial charge is 0.481 e. The lowest BCUT2D eigenvalue weighted by Gasteiger charge is -2.05. The lowest BCUT2D eigenvalue weighted by atomic mass is 10.2. The molecule has 0 aliphatic rings. The lowest BCUT2D eigenvalue weighted by Crippen LogP contribution is -2.03. The van der Waals surface area contributed by atoms with E-state index in [9.17, 15) is 4.79 Å². The van der Waals surface area contributed by atoms with E-state index < -0.39 is 5.97 Å². The highest BCUT2D eigenvalue weighted by molar-refractivity contribution is 7.13. The van der Waals surface area contributed by atoms with Gasteiger partial charge in [0.25, 0.3) is 0 Å². The summed E-state index contributed by atoms with van der Waals surface area (Å²) in [7, 11) is 0. The summed E-state index contributed by atoms with van der Waals surface area (Å²) >= 11 is 1.42. The number of anilines is 1. The average Bonchev–Trinajstić information content (AvgIpc) is 2.75. The third-order valence-electron chi connectivity index (χ3n) is 2.45. The minimum Gasteiger partial charge on any atom is -0.481 e. The molecule has 0 aromatic carbocycles. The Morgan fingerprint density at radius 1 is 1.56 bits per heavy atom. The Hall–Kier alpha value is -1.95. The highest BCUT2D eigenvalue weighted by atomic mass is 32.1. The van der Waals surface area contributed by atoms with Gasteiger partial charge in [-0.25, -0.2) is 4.98 Å². The van der Waals surface area contributed by atoms with Gasteiger partial charge in [-0.3, -0.25) is 9.78 Å². The molecule has 0 fully saturated rings. The Kier molecular flexibility index (Phi) is 3.88. The van der Waals surface area contributed by atoms with Crippen molar-refractivity contribution < 1.29 is 9.90 Å². The predicted molar refractivity (Wildman–Crippen MR) is 69.8 cm³/mol. The van der Waals surface area contributed by atoms with Gasteiger partial charge in [-0.05, 0) is 24.1 Å². The molecule has 0 saturated carbocycles. The molecular formula is C12H13N3O2S. The number of aryl methyl sites for hydroxylation is 1. The number of nitrogens with zero attached hydrogens (tertiary/aromatic N) is 2. The molecule has 2 N–H and O–H groups in total. The number of carbonyl (C=O) groups is 1. The summed E-state index contributed by atoms with van der Waals surface area (Å²) in [6.07, 6.45) is 3.53. The number of thiazole rings is 1. The third-order valence-corrected chi connectivity index (χ3v) is 3.30. The van der Waals surface area contributed by atoms with Gasteiger partial charge in [-0.2, -0.15) is 0 Å². The fraction of sp³-hybridized carbons (Fsp3) is 0.250. The lowest BCUT2D eigenvalue weighted by molar-refractivity contribution is -0.136. The summed E-state index contributed by atoms with van der Waals surface area (Å²) in [6, 6.07) is 1.95. The van der Waals surface area contributed by atoms with Crippen LogP contribution in [0, 0.1) is 6.92 Å². The van der Waals surface area contributed by atoms with Gasteiger partial charge in [-0.15, -0.1) is 11.3 Å². The SMILES string of the molecule is Cc1cnccc1CNc1nc(CC(=O)O)cs1. The van der Waals surface area contributed by atoms with Gasteiger partial charge in [-0.1, -0.05) is 0 Å². The third kappa shape index (κ3) is 3.27. The normalized spacial score (nSPS) is 10.3. The molecule has 5 nitrogen and oxygen atoms in total. The number of nitrogens with one attached hydrogen (secondary N) is 1. The molecule has 0 radical (unpaired) electrons. The summed E-state index contributed by atoms with van der Waals surface area (Å²) in [4.78, 5) is 18.8. The fourth-order valence-electron chi connectivity index (χ4n) is 1.50. The second-order valence-corrected chi connectivity index (χ2v) is 4.73. The van der Waals surface area contributed by atoms with E-state index in [1.807, 2.05) is 19.2 Å².